The van der Waals surface area contributed by atoms with Gasteiger partial charge >= 0.3 is 0 Å². The molecular weight excluding hydrogens is 552 g/mol. The molecule has 0 saturated carbocycles. The molecule has 10 heterocycles. The summed E-state index contributed by atoms with van der Waals surface area (Å²) in [6, 6.07) is 0. The lowest BCUT2D eigenvalue weighted by Gasteiger charge is -2.59. The average Bonchev–Trinajstić information content (AvgIpc) is 2.92. The molecule has 15 nitrogen and oxygen atoms in total. The first-order valence-corrected chi connectivity index (χ1v) is 13.7. The lowest BCUT2D eigenvalue weighted by atomic mass is 9.77. The molecule has 10 aliphatic rings. The molecule has 0 aromatic rings. The highest BCUT2D eigenvalue weighted by Crippen LogP contribution is 2.48. The van der Waals surface area contributed by atoms with E-state index in [0.717, 1.165) is 0 Å². The summed E-state index contributed by atoms with van der Waals surface area (Å²) < 4.78 is 36.2. The molecule has 10 aliphatic heterocycles. The molecule has 9 N–H and O–H groups in total. The summed E-state index contributed by atoms with van der Waals surface area (Å²) in [4.78, 5) is 0. The van der Waals surface area contributed by atoms with Crippen molar-refractivity contribution in [1.29, 1.82) is 0 Å². The summed E-state index contributed by atoms with van der Waals surface area (Å²) in [6.45, 7) is 5.24. The van der Waals surface area contributed by atoms with Crippen molar-refractivity contribution in [3.05, 3.63) is 0 Å². The highest BCUT2D eigenvalue weighted by atomic mass is 16.8. The summed E-state index contributed by atoms with van der Waals surface area (Å²) in [7, 11) is 0. The quantitative estimate of drug-likeness (QED) is 0.151. The van der Waals surface area contributed by atoms with Gasteiger partial charge in [0.1, 0.15) is 59.5 Å². The highest BCUT2D eigenvalue weighted by Gasteiger charge is 2.66. The third-order valence-corrected chi connectivity index (χ3v) is 9.38. The standard InChI is InChI=1S/C26H46O15/c1-21(8-27)12-7-36-11-24(4)16(33)14(31)19(22(2,9-28)39-24)37-26(6)18(35)15(32)20(23(3,10-29)41-26)38-25(5,40-21)17(34)13(12)30/h12-20,27-35H,7-11H2,1-6H3/t12-,13+,14-,15-,16?,17?,18?,19+,20+,21?,22?,23?,24+,25-,26-/m0/s1. The van der Waals surface area contributed by atoms with E-state index < -0.39 is 109 Å². The Labute approximate surface area is 238 Å². The van der Waals surface area contributed by atoms with Gasteiger partial charge in [0, 0.05) is 5.92 Å². The van der Waals surface area contributed by atoms with Gasteiger partial charge in [-0.2, -0.15) is 0 Å². The van der Waals surface area contributed by atoms with Crippen molar-refractivity contribution in [2.45, 2.75) is 124 Å². The van der Waals surface area contributed by atoms with Crippen LogP contribution in [0.2, 0.25) is 0 Å². The van der Waals surface area contributed by atoms with Gasteiger partial charge in [0.15, 0.2) is 11.6 Å². The third kappa shape index (κ3) is 5.15. The zero-order valence-electron chi connectivity index (χ0n) is 24.2. The average molecular weight is 599 g/mol. The van der Waals surface area contributed by atoms with Crippen LogP contribution in [0, 0.1) is 5.92 Å². The Morgan fingerprint density at radius 2 is 0.976 bits per heavy atom. The van der Waals surface area contributed by atoms with E-state index in [2.05, 4.69) is 0 Å². The van der Waals surface area contributed by atoms with E-state index in [1.54, 1.807) is 0 Å². The number of aliphatic hydroxyl groups is 9. The van der Waals surface area contributed by atoms with Crippen LogP contribution in [0.15, 0.2) is 0 Å². The Balaban J connectivity index is 1.88. The zero-order chi connectivity index (χ0) is 31.0. The zero-order valence-corrected chi connectivity index (χ0v) is 24.2. The maximum absolute atomic E-state index is 11.3. The van der Waals surface area contributed by atoms with Crippen molar-refractivity contribution >= 4 is 0 Å². The van der Waals surface area contributed by atoms with Crippen LogP contribution in [0.1, 0.15) is 41.5 Å². The minimum atomic E-state index is -2.18. The highest BCUT2D eigenvalue weighted by molar-refractivity contribution is 5.10. The normalized spacial score (nSPS) is 58.5. The lowest BCUT2D eigenvalue weighted by molar-refractivity contribution is -0.451. The minimum absolute atomic E-state index is 0.316. The lowest BCUT2D eigenvalue weighted by Crippen LogP contribution is -2.76. The van der Waals surface area contributed by atoms with Crippen LogP contribution in [-0.4, -0.2) is 162 Å². The maximum atomic E-state index is 11.3. The van der Waals surface area contributed by atoms with Crippen LogP contribution >= 0.6 is 0 Å². The van der Waals surface area contributed by atoms with Gasteiger partial charge < -0.3 is 74.4 Å². The molecule has 10 saturated heterocycles. The molecule has 6 unspecified atom stereocenters. The summed E-state index contributed by atoms with van der Waals surface area (Å²) in [5, 5.41) is 98.5. The summed E-state index contributed by atoms with van der Waals surface area (Å²) >= 11 is 0. The molecule has 0 radical (unpaired) electrons. The van der Waals surface area contributed by atoms with Crippen LogP contribution in [0.5, 0.6) is 0 Å². The summed E-state index contributed by atoms with van der Waals surface area (Å²) in [5.74, 6) is -5.34. The number of hydrogen-bond acceptors (Lipinski definition) is 15. The molecule has 41 heavy (non-hydrogen) atoms. The molecule has 6 bridgehead atoms. The van der Waals surface area contributed by atoms with E-state index in [4.69, 9.17) is 28.4 Å². The Morgan fingerprint density at radius 3 is 1.46 bits per heavy atom. The smallest absolute Gasteiger partial charge is 0.195 e. The van der Waals surface area contributed by atoms with E-state index in [1.807, 2.05) is 0 Å². The van der Waals surface area contributed by atoms with E-state index in [9.17, 15) is 46.0 Å². The largest absolute Gasteiger partial charge is 0.393 e. The predicted molar refractivity (Wildman–Crippen MR) is 135 cm³/mol. The van der Waals surface area contributed by atoms with Crippen LogP contribution in [-0.2, 0) is 28.4 Å². The van der Waals surface area contributed by atoms with Gasteiger partial charge in [-0.15, -0.1) is 0 Å². The van der Waals surface area contributed by atoms with Crippen molar-refractivity contribution in [2.75, 3.05) is 33.0 Å². The molecule has 0 aliphatic carbocycles. The van der Waals surface area contributed by atoms with Crippen molar-refractivity contribution in [3.8, 4) is 0 Å². The van der Waals surface area contributed by atoms with E-state index >= 15 is 0 Å². The number of rotatable bonds is 3. The summed E-state index contributed by atoms with van der Waals surface area (Å²) in [5.41, 5.74) is -6.81. The Bertz CT molecular complexity index is 958. The Kier molecular flexibility index (Phi) is 8.76. The molecule has 0 aromatic carbocycles. The first-order valence-electron chi connectivity index (χ1n) is 13.7. The van der Waals surface area contributed by atoms with Crippen LogP contribution < -0.4 is 0 Å². The molecule has 15 atom stereocenters. The topological polar surface area (TPSA) is 237 Å². The van der Waals surface area contributed by atoms with E-state index in [-0.39, 0.29) is 13.2 Å². The molecular formula is C26H46O15. The molecule has 0 amide bonds. The van der Waals surface area contributed by atoms with Gasteiger partial charge in [-0.1, -0.05) is 0 Å². The number of aliphatic hydroxyl groups excluding tert-OH is 9. The monoisotopic (exact) mass is 598 g/mol. The van der Waals surface area contributed by atoms with Gasteiger partial charge in [0.25, 0.3) is 0 Å². The first-order chi connectivity index (χ1) is 18.8. The predicted octanol–water partition coefficient (Wildman–Crippen LogP) is -3.90. The van der Waals surface area contributed by atoms with Crippen molar-refractivity contribution < 1.29 is 74.4 Å². The fraction of sp³-hybridized carbons (Fsp3) is 1.00. The minimum Gasteiger partial charge on any atom is -0.393 e. The Hall–Kier alpha value is -0.600. The second-order valence-electron chi connectivity index (χ2n) is 13.1. The van der Waals surface area contributed by atoms with Crippen molar-refractivity contribution in [1.82, 2.24) is 0 Å². The number of hydrogen-bond donors (Lipinski definition) is 9. The van der Waals surface area contributed by atoms with Crippen molar-refractivity contribution in [3.63, 3.8) is 0 Å². The SMILES string of the molecule is CC1(CO)O[C@]2(C)O[C@@H]3[C@@H](O)C(O)[C@@](C)(COC[C@H]4[C@@H](O)C(O)[C@@](C)(O[C@@H]1[C@@H](O)C2O)OC4(C)CO)OC3(C)CO. The van der Waals surface area contributed by atoms with Crippen LogP contribution in [0.3, 0.4) is 0 Å². The van der Waals surface area contributed by atoms with Gasteiger partial charge in [0.2, 0.25) is 0 Å². The molecule has 0 spiro atoms. The van der Waals surface area contributed by atoms with Crippen LogP contribution in [0.4, 0.5) is 0 Å². The van der Waals surface area contributed by atoms with Gasteiger partial charge in [-0.3, -0.25) is 0 Å². The van der Waals surface area contributed by atoms with Gasteiger partial charge in [-0.05, 0) is 41.5 Å². The fourth-order valence-electron chi connectivity index (χ4n) is 6.70. The fourth-order valence-corrected chi connectivity index (χ4v) is 6.70. The number of ether oxygens (including phenoxy) is 6. The van der Waals surface area contributed by atoms with Crippen molar-refractivity contribution in [2.24, 2.45) is 5.92 Å². The molecule has 10 fully saturated rings. The molecule has 10 rings (SSSR count). The van der Waals surface area contributed by atoms with Crippen LogP contribution in [0.25, 0.3) is 0 Å². The Morgan fingerprint density at radius 1 is 0.561 bits per heavy atom. The maximum Gasteiger partial charge on any atom is 0.195 e. The van der Waals surface area contributed by atoms with Gasteiger partial charge in [0.05, 0.1) is 44.7 Å². The first kappa shape index (κ1) is 33.3. The second-order valence-corrected chi connectivity index (χ2v) is 13.1. The third-order valence-electron chi connectivity index (χ3n) is 9.38. The van der Waals surface area contributed by atoms with Gasteiger partial charge in [-0.25, -0.2) is 0 Å². The van der Waals surface area contributed by atoms with E-state index in [1.165, 1.54) is 41.5 Å². The summed E-state index contributed by atoms with van der Waals surface area (Å²) in [6.07, 6.45) is -13.8. The molecule has 240 valence electrons. The second kappa shape index (κ2) is 10.8. The van der Waals surface area contributed by atoms with E-state index in [0.29, 0.717) is 0 Å². The molecule has 0 aromatic heterocycles. The molecule has 15 heteroatoms.